The first kappa shape index (κ1) is 21.1. The normalized spacial score (nSPS) is 11.4. The van der Waals surface area contributed by atoms with E-state index in [0.717, 1.165) is 11.6 Å². The molecule has 25 heavy (non-hydrogen) atoms. The van der Waals surface area contributed by atoms with Gasteiger partial charge < -0.3 is 16.4 Å². The SMILES string of the molecule is Cc1cc(NC(=O)c2cccc(F)c2)sc1C(=O)NCC(C)CN.Cl. The highest BCUT2D eigenvalue weighted by molar-refractivity contribution is 7.18. The van der Waals surface area contributed by atoms with Crippen molar-refractivity contribution in [1.82, 2.24) is 5.32 Å². The standard InChI is InChI=1S/C17H20FN3O2S.ClH/c1-10(8-19)9-20-17(23)15-11(2)6-14(24-15)21-16(22)12-4-3-5-13(18)7-12;/h3-7,10H,8-9,19H2,1-2H3,(H,20,23)(H,21,22);1H. The molecule has 2 aromatic rings. The summed E-state index contributed by atoms with van der Waals surface area (Å²) in [5, 5.41) is 6.06. The molecule has 0 radical (unpaired) electrons. The highest BCUT2D eigenvalue weighted by Crippen LogP contribution is 2.27. The topological polar surface area (TPSA) is 84.2 Å². The molecular weight excluding hydrogens is 365 g/mol. The fourth-order valence-corrected chi connectivity index (χ4v) is 3.00. The van der Waals surface area contributed by atoms with Crippen LogP contribution in [0.3, 0.4) is 0 Å². The Morgan fingerprint density at radius 1 is 1.28 bits per heavy atom. The van der Waals surface area contributed by atoms with Crippen molar-refractivity contribution in [2.75, 3.05) is 18.4 Å². The van der Waals surface area contributed by atoms with Crippen molar-refractivity contribution in [2.45, 2.75) is 13.8 Å². The second-order valence-electron chi connectivity index (χ2n) is 5.64. The number of hydrogen-bond donors (Lipinski definition) is 3. The number of carbonyl (C=O) groups is 2. The molecule has 0 saturated carbocycles. The molecule has 8 heteroatoms. The molecule has 0 aliphatic heterocycles. The molecule has 0 aliphatic carbocycles. The van der Waals surface area contributed by atoms with E-state index in [2.05, 4.69) is 10.6 Å². The summed E-state index contributed by atoms with van der Waals surface area (Å²) in [5.74, 6) is -0.885. The molecule has 4 N–H and O–H groups in total. The Kier molecular flexibility index (Phi) is 8.02. The number of benzene rings is 1. The maximum Gasteiger partial charge on any atom is 0.261 e. The van der Waals surface area contributed by atoms with Crippen LogP contribution >= 0.6 is 23.7 Å². The Morgan fingerprint density at radius 2 is 2.00 bits per heavy atom. The molecular formula is C17H21ClFN3O2S. The molecule has 0 fully saturated rings. The average molecular weight is 386 g/mol. The lowest BCUT2D eigenvalue weighted by Gasteiger charge is -2.09. The average Bonchev–Trinajstić information content (AvgIpc) is 2.92. The van der Waals surface area contributed by atoms with Crippen molar-refractivity contribution in [3.63, 3.8) is 0 Å². The van der Waals surface area contributed by atoms with Crippen LogP contribution in [-0.2, 0) is 0 Å². The van der Waals surface area contributed by atoms with Crippen LogP contribution in [0.1, 0.15) is 32.5 Å². The van der Waals surface area contributed by atoms with Crippen molar-refractivity contribution in [3.05, 3.63) is 52.2 Å². The lowest BCUT2D eigenvalue weighted by molar-refractivity contribution is 0.0951. The van der Waals surface area contributed by atoms with E-state index in [4.69, 9.17) is 5.73 Å². The number of rotatable bonds is 6. The summed E-state index contributed by atoms with van der Waals surface area (Å²) in [5.41, 5.74) is 6.53. The number of anilines is 1. The molecule has 0 spiro atoms. The molecule has 2 rings (SSSR count). The van der Waals surface area contributed by atoms with Crippen LogP contribution in [0.15, 0.2) is 30.3 Å². The molecule has 1 aromatic heterocycles. The highest BCUT2D eigenvalue weighted by atomic mass is 35.5. The first-order chi connectivity index (χ1) is 11.4. The Labute approximate surface area is 156 Å². The number of hydrogen-bond acceptors (Lipinski definition) is 4. The molecule has 0 saturated heterocycles. The quantitative estimate of drug-likeness (QED) is 0.713. The van der Waals surface area contributed by atoms with Crippen LogP contribution in [0.25, 0.3) is 0 Å². The van der Waals surface area contributed by atoms with Crippen LogP contribution < -0.4 is 16.4 Å². The third kappa shape index (κ3) is 5.81. The van der Waals surface area contributed by atoms with Gasteiger partial charge in [-0.25, -0.2) is 4.39 Å². The van der Waals surface area contributed by atoms with Crippen molar-refractivity contribution >= 4 is 40.6 Å². The molecule has 1 unspecified atom stereocenters. The third-order valence-corrected chi connectivity index (χ3v) is 4.61. The largest absolute Gasteiger partial charge is 0.351 e. The van der Waals surface area contributed by atoms with Gasteiger partial charge in [0.2, 0.25) is 0 Å². The van der Waals surface area contributed by atoms with E-state index in [-0.39, 0.29) is 29.8 Å². The lowest BCUT2D eigenvalue weighted by atomic mass is 10.2. The molecule has 0 bridgehead atoms. The Morgan fingerprint density at radius 3 is 2.64 bits per heavy atom. The summed E-state index contributed by atoms with van der Waals surface area (Å²) in [7, 11) is 0. The van der Waals surface area contributed by atoms with Gasteiger partial charge in [0.25, 0.3) is 11.8 Å². The van der Waals surface area contributed by atoms with E-state index >= 15 is 0 Å². The maximum absolute atomic E-state index is 13.2. The lowest BCUT2D eigenvalue weighted by Crippen LogP contribution is -2.31. The van der Waals surface area contributed by atoms with Crippen LogP contribution in [0.5, 0.6) is 0 Å². The highest BCUT2D eigenvalue weighted by Gasteiger charge is 2.16. The number of halogens is 2. The predicted molar refractivity (Wildman–Crippen MR) is 101 cm³/mol. The monoisotopic (exact) mass is 385 g/mol. The second kappa shape index (κ2) is 9.50. The van der Waals surface area contributed by atoms with Gasteiger partial charge in [-0.15, -0.1) is 23.7 Å². The number of nitrogens with one attached hydrogen (secondary N) is 2. The Hall–Kier alpha value is -1.96. The fraction of sp³-hybridized carbons (Fsp3) is 0.294. The molecule has 1 atom stereocenters. The van der Waals surface area contributed by atoms with Crippen molar-refractivity contribution < 1.29 is 14.0 Å². The maximum atomic E-state index is 13.2. The first-order valence-corrected chi connectivity index (χ1v) is 8.38. The van der Waals surface area contributed by atoms with Crippen LogP contribution in [0.4, 0.5) is 9.39 Å². The molecule has 0 aliphatic rings. The first-order valence-electron chi connectivity index (χ1n) is 7.56. The Balaban J connectivity index is 0.00000312. The summed E-state index contributed by atoms with van der Waals surface area (Å²) >= 11 is 1.19. The van der Waals surface area contributed by atoms with Gasteiger partial charge in [0, 0.05) is 12.1 Å². The van der Waals surface area contributed by atoms with E-state index < -0.39 is 11.7 Å². The van der Waals surface area contributed by atoms with Gasteiger partial charge in [0.05, 0.1) is 9.88 Å². The minimum absolute atomic E-state index is 0. The van der Waals surface area contributed by atoms with Gasteiger partial charge in [-0.05, 0) is 49.2 Å². The molecule has 5 nitrogen and oxygen atoms in total. The van der Waals surface area contributed by atoms with E-state index in [0.29, 0.717) is 23.0 Å². The van der Waals surface area contributed by atoms with E-state index in [9.17, 15) is 14.0 Å². The van der Waals surface area contributed by atoms with Gasteiger partial charge in [-0.2, -0.15) is 0 Å². The van der Waals surface area contributed by atoms with Gasteiger partial charge in [0.1, 0.15) is 5.82 Å². The van der Waals surface area contributed by atoms with Crippen molar-refractivity contribution in [2.24, 2.45) is 11.7 Å². The zero-order chi connectivity index (χ0) is 17.7. The Bertz CT molecular complexity index is 751. The minimum atomic E-state index is -0.473. The number of carbonyl (C=O) groups excluding carboxylic acids is 2. The molecule has 1 aromatic carbocycles. The summed E-state index contributed by atoms with van der Waals surface area (Å²) in [6.45, 7) is 4.75. The van der Waals surface area contributed by atoms with Crippen LogP contribution in [0, 0.1) is 18.7 Å². The predicted octanol–water partition coefficient (Wildman–Crippen LogP) is 3.19. The smallest absolute Gasteiger partial charge is 0.261 e. The molecule has 1 heterocycles. The van der Waals surface area contributed by atoms with Crippen molar-refractivity contribution in [3.8, 4) is 0 Å². The summed E-state index contributed by atoms with van der Waals surface area (Å²) in [4.78, 5) is 24.9. The molecule has 136 valence electrons. The van der Waals surface area contributed by atoms with Crippen molar-refractivity contribution in [1.29, 1.82) is 0 Å². The zero-order valence-corrected chi connectivity index (χ0v) is 15.6. The van der Waals surface area contributed by atoms with Crippen LogP contribution in [-0.4, -0.2) is 24.9 Å². The van der Waals surface area contributed by atoms with Crippen LogP contribution in [0.2, 0.25) is 0 Å². The fourth-order valence-electron chi connectivity index (χ4n) is 2.01. The minimum Gasteiger partial charge on any atom is -0.351 e. The zero-order valence-electron chi connectivity index (χ0n) is 14.0. The number of aryl methyl sites for hydroxylation is 1. The third-order valence-electron chi connectivity index (χ3n) is 3.46. The van der Waals surface area contributed by atoms with Gasteiger partial charge in [-0.3, -0.25) is 9.59 Å². The van der Waals surface area contributed by atoms with E-state index in [1.807, 2.05) is 6.92 Å². The van der Waals surface area contributed by atoms with E-state index in [1.54, 1.807) is 13.0 Å². The summed E-state index contributed by atoms with van der Waals surface area (Å²) < 4.78 is 13.2. The van der Waals surface area contributed by atoms with Gasteiger partial charge >= 0.3 is 0 Å². The van der Waals surface area contributed by atoms with Gasteiger partial charge in [-0.1, -0.05) is 13.0 Å². The second-order valence-corrected chi connectivity index (χ2v) is 6.69. The van der Waals surface area contributed by atoms with Gasteiger partial charge in [0.15, 0.2) is 0 Å². The summed E-state index contributed by atoms with van der Waals surface area (Å²) in [6.07, 6.45) is 0. The number of nitrogens with two attached hydrogens (primary N) is 1. The van der Waals surface area contributed by atoms with E-state index in [1.165, 1.54) is 29.5 Å². The summed E-state index contributed by atoms with van der Waals surface area (Å²) in [6, 6.07) is 7.17. The molecule has 2 amide bonds. The number of amides is 2. The number of thiophene rings is 1.